The summed E-state index contributed by atoms with van der Waals surface area (Å²) >= 11 is 0. The molecule has 22 heavy (non-hydrogen) atoms. The minimum Gasteiger partial charge on any atom is -0.384 e. The van der Waals surface area contributed by atoms with Gasteiger partial charge in [0.1, 0.15) is 0 Å². The molecule has 3 rings (SSSR count). The summed E-state index contributed by atoms with van der Waals surface area (Å²) in [6.07, 6.45) is 6.17. The summed E-state index contributed by atoms with van der Waals surface area (Å²) in [5, 5.41) is 0. The second-order valence-corrected chi connectivity index (χ2v) is 4.87. The van der Waals surface area contributed by atoms with E-state index in [1.165, 1.54) is 0 Å². The van der Waals surface area contributed by atoms with Crippen molar-refractivity contribution in [3.05, 3.63) is 66.6 Å². The average Bonchev–Trinajstić information content (AvgIpc) is 2.61. The minimum absolute atomic E-state index is 0.657. The van der Waals surface area contributed by atoms with E-state index in [2.05, 4.69) is 21.0 Å². The molecule has 4 heteroatoms. The van der Waals surface area contributed by atoms with Crippen molar-refractivity contribution in [2.75, 3.05) is 13.7 Å². The van der Waals surface area contributed by atoms with Gasteiger partial charge in [-0.25, -0.2) is 0 Å². The third kappa shape index (κ3) is 3.02. The molecule has 0 unspecified atom stereocenters. The van der Waals surface area contributed by atoms with Crippen molar-refractivity contribution >= 4 is 0 Å². The molecule has 0 saturated heterocycles. The Balaban J connectivity index is 2.10. The van der Waals surface area contributed by atoms with Crippen LogP contribution in [0.5, 0.6) is 0 Å². The number of aromatic nitrogens is 3. The molecule has 0 atom stereocenters. The number of rotatable bonds is 5. The van der Waals surface area contributed by atoms with Gasteiger partial charge >= 0.3 is 0 Å². The Morgan fingerprint density at radius 1 is 0.818 bits per heavy atom. The first-order chi connectivity index (χ1) is 10.9. The van der Waals surface area contributed by atoms with E-state index in [9.17, 15) is 0 Å². The molecule has 0 aliphatic carbocycles. The van der Waals surface area contributed by atoms with Gasteiger partial charge in [0, 0.05) is 31.3 Å². The van der Waals surface area contributed by atoms with E-state index in [0.717, 1.165) is 34.6 Å². The van der Waals surface area contributed by atoms with Crippen LogP contribution in [-0.2, 0) is 11.2 Å². The highest BCUT2D eigenvalue weighted by molar-refractivity contribution is 5.78. The lowest BCUT2D eigenvalue weighted by molar-refractivity contribution is 0.202. The third-order valence-corrected chi connectivity index (χ3v) is 3.44. The first-order valence-electron chi connectivity index (χ1n) is 7.20. The highest BCUT2D eigenvalue weighted by atomic mass is 16.5. The van der Waals surface area contributed by atoms with E-state index in [0.29, 0.717) is 6.61 Å². The topological polar surface area (TPSA) is 47.9 Å². The second kappa shape index (κ2) is 6.91. The molecule has 0 bridgehead atoms. The van der Waals surface area contributed by atoms with Crippen molar-refractivity contribution in [2.24, 2.45) is 0 Å². The molecule has 4 nitrogen and oxygen atoms in total. The number of methoxy groups -OCH3 is 1. The van der Waals surface area contributed by atoms with Gasteiger partial charge in [0.25, 0.3) is 0 Å². The summed E-state index contributed by atoms with van der Waals surface area (Å²) < 4.78 is 5.19. The van der Waals surface area contributed by atoms with Crippen molar-refractivity contribution in [3.63, 3.8) is 0 Å². The molecule has 0 aliphatic rings. The zero-order chi connectivity index (χ0) is 15.2. The van der Waals surface area contributed by atoms with Crippen LogP contribution < -0.4 is 0 Å². The monoisotopic (exact) mass is 291 g/mol. The van der Waals surface area contributed by atoms with Gasteiger partial charge in [0.2, 0.25) is 0 Å². The van der Waals surface area contributed by atoms with Crippen molar-refractivity contribution in [1.29, 1.82) is 0 Å². The molecule has 110 valence electrons. The normalized spacial score (nSPS) is 10.6. The summed E-state index contributed by atoms with van der Waals surface area (Å²) in [5.74, 6) is 0. The summed E-state index contributed by atoms with van der Waals surface area (Å²) in [4.78, 5) is 13.5. The molecule has 3 aromatic rings. The predicted octanol–water partition coefficient (Wildman–Crippen LogP) is 3.39. The molecular weight excluding hydrogens is 274 g/mol. The second-order valence-electron chi connectivity index (χ2n) is 4.87. The fraction of sp³-hybridized carbons (Fsp3) is 0.167. The molecule has 0 radical (unpaired) electrons. The van der Waals surface area contributed by atoms with Crippen molar-refractivity contribution in [1.82, 2.24) is 15.0 Å². The number of hydrogen-bond acceptors (Lipinski definition) is 4. The van der Waals surface area contributed by atoms with Crippen LogP contribution in [0.3, 0.4) is 0 Å². The van der Waals surface area contributed by atoms with Crippen LogP contribution in [0, 0.1) is 0 Å². The molecular formula is C18H17N3O. The van der Waals surface area contributed by atoms with Gasteiger partial charge in [0.15, 0.2) is 0 Å². The van der Waals surface area contributed by atoms with Gasteiger partial charge in [0.05, 0.1) is 23.7 Å². The van der Waals surface area contributed by atoms with Gasteiger partial charge in [-0.3, -0.25) is 15.0 Å². The van der Waals surface area contributed by atoms with Gasteiger partial charge in [-0.15, -0.1) is 0 Å². The number of ether oxygens (including phenoxy) is 1. The lowest BCUT2D eigenvalue weighted by Gasteiger charge is -2.11. The number of pyridine rings is 3. The highest BCUT2D eigenvalue weighted by Gasteiger charge is 2.13. The molecule has 0 spiro atoms. The summed E-state index contributed by atoms with van der Waals surface area (Å²) in [7, 11) is 1.70. The first kappa shape index (κ1) is 14.4. The summed E-state index contributed by atoms with van der Waals surface area (Å²) in [6.45, 7) is 0.657. The molecule has 0 N–H and O–H groups in total. The van der Waals surface area contributed by atoms with E-state index in [1.807, 2.05) is 36.4 Å². The van der Waals surface area contributed by atoms with Gasteiger partial charge in [-0.2, -0.15) is 0 Å². The minimum atomic E-state index is 0.657. The van der Waals surface area contributed by atoms with E-state index in [4.69, 9.17) is 4.74 Å². The molecule has 0 saturated carbocycles. The molecule has 0 amide bonds. The largest absolute Gasteiger partial charge is 0.384 e. The first-order valence-corrected chi connectivity index (χ1v) is 7.20. The van der Waals surface area contributed by atoms with Crippen molar-refractivity contribution in [2.45, 2.75) is 6.42 Å². The maximum absolute atomic E-state index is 5.19. The Morgan fingerprint density at radius 2 is 1.59 bits per heavy atom. The van der Waals surface area contributed by atoms with Crippen molar-refractivity contribution < 1.29 is 4.74 Å². The lowest BCUT2D eigenvalue weighted by atomic mass is 10.0. The van der Waals surface area contributed by atoms with E-state index >= 15 is 0 Å². The van der Waals surface area contributed by atoms with Crippen LogP contribution >= 0.6 is 0 Å². The summed E-state index contributed by atoms with van der Waals surface area (Å²) in [5.41, 5.74) is 4.75. The molecule has 0 aliphatic heterocycles. The number of nitrogens with zero attached hydrogens (tertiary/aromatic N) is 3. The van der Waals surface area contributed by atoms with E-state index in [1.54, 1.807) is 25.7 Å². The molecule has 3 heterocycles. The van der Waals surface area contributed by atoms with Crippen LogP contribution in [0.25, 0.3) is 22.6 Å². The smallest absolute Gasteiger partial charge is 0.0982 e. The Labute approximate surface area is 129 Å². The molecule has 3 aromatic heterocycles. The summed E-state index contributed by atoms with van der Waals surface area (Å²) in [6, 6.07) is 13.8. The molecule has 0 fully saturated rings. The van der Waals surface area contributed by atoms with Gasteiger partial charge in [-0.1, -0.05) is 12.1 Å². The zero-order valence-electron chi connectivity index (χ0n) is 12.4. The van der Waals surface area contributed by atoms with E-state index in [-0.39, 0.29) is 0 Å². The van der Waals surface area contributed by atoms with Crippen LogP contribution in [0.4, 0.5) is 0 Å². The fourth-order valence-electron chi connectivity index (χ4n) is 2.39. The standard InChI is InChI=1S/C18H17N3O/c1-22-13-9-14-6-4-11-20-17(14)18-15(7-5-12-21-18)16-8-2-3-10-19-16/h2-8,10-12H,9,13H2,1H3. The van der Waals surface area contributed by atoms with Gasteiger partial charge in [-0.05, 0) is 42.3 Å². The quantitative estimate of drug-likeness (QED) is 0.723. The Bertz CT molecular complexity index is 744. The maximum atomic E-state index is 5.19. The van der Waals surface area contributed by atoms with Gasteiger partial charge < -0.3 is 4.74 Å². The van der Waals surface area contributed by atoms with Crippen LogP contribution in [-0.4, -0.2) is 28.7 Å². The number of hydrogen-bond donors (Lipinski definition) is 0. The SMILES string of the molecule is COCCc1cccnc1-c1ncccc1-c1ccccn1. The zero-order valence-corrected chi connectivity index (χ0v) is 12.4. The average molecular weight is 291 g/mol. The molecule has 0 aromatic carbocycles. The third-order valence-electron chi connectivity index (χ3n) is 3.44. The fourth-order valence-corrected chi connectivity index (χ4v) is 2.39. The van der Waals surface area contributed by atoms with Crippen LogP contribution in [0.1, 0.15) is 5.56 Å². The Hall–Kier alpha value is -2.59. The Kier molecular flexibility index (Phi) is 4.51. The van der Waals surface area contributed by atoms with Crippen LogP contribution in [0.15, 0.2) is 61.1 Å². The Morgan fingerprint density at radius 3 is 2.36 bits per heavy atom. The van der Waals surface area contributed by atoms with Crippen LogP contribution in [0.2, 0.25) is 0 Å². The van der Waals surface area contributed by atoms with E-state index < -0.39 is 0 Å². The predicted molar refractivity (Wildman–Crippen MR) is 86.3 cm³/mol. The highest BCUT2D eigenvalue weighted by Crippen LogP contribution is 2.29. The maximum Gasteiger partial charge on any atom is 0.0982 e. The lowest BCUT2D eigenvalue weighted by Crippen LogP contribution is -2.01. The van der Waals surface area contributed by atoms with Crippen molar-refractivity contribution in [3.8, 4) is 22.6 Å².